The second-order valence-electron chi connectivity index (χ2n) is 7.81. The third-order valence-electron chi connectivity index (χ3n) is 5.20. The van der Waals surface area contributed by atoms with Gasteiger partial charge in [-0.3, -0.25) is 14.6 Å². The van der Waals surface area contributed by atoms with Gasteiger partial charge in [-0.25, -0.2) is 9.37 Å². The van der Waals surface area contributed by atoms with Crippen molar-refractivity contribution in [3.05, 3.63) is 69.7 Å². The molecule has 12 heteroatoms. The number of thiazole rings is 1. The summed E-state index contributed by atoms with van der Waals surface area (Å²) in [7, 11) is 0. The summed E-state index contributed by atoms with van der Waals surface area (Å²) >= 11 is 1.24. The Bertz CT molecular complexity index is 1220. The molecular weight excluding hydrogens is 474 g/mol. The van der Waals surface area contributed by atoms with E-state index in [9.17, 15) is 27.2 Å². The highest BCUT2D eigenvalue weighted by atomic mass is 32.1. The Labute approximate surface area is 195 Å². The van der Waals surface area contributed by atoms with Gasteiger partial charge < -0.3 is 16.0 Å². The summed E-state index contributed by atoms with van der Waals surface area (Å²) in [6, 6.07) is 5.39. The van der Waals surface area contributed by atoms with Crippen LogP contribution in [0.3, 0.4) is 0 Å². The highest BCUT2D eigenvalue weighted by molar-refractivity contribution is 7.13. The maximum Gasteiger partial charge on any atom is 0.418 e. The predicted octanol–water partition coefficient (Wildman–Crippen LogP) is 4.33. The molecule has 178 valence electrons. The molecule has 1 aromatic carbocycles. The minimum Gasteiger partial charge on any atom is -0.354 e. The maximum atomic E-state index is 13.3. The van der Waals surface area contributed by atoms with E-state index in [4.69, 9.17) is 0 Å². The van der Waals surface area contributed by atoms with E-state index in [2.05, 4.69) is 25.9 Å². The number of benzene rings is 1. The maximum absolute atomic E-state index is 13.3. The number of nitrogens with one attached hydrogen (secondary N) is 3. The van der Waals surface area contributed by atoms with Gasteiger partial charge in [0.2, 0.25) is 5.91 Å². The van der Waals surface area contributed by atoms with Crippen molar-refractivity contribution in [2.75, 3.05) is 5.32 Å². The van der Waals surface area contributed by atoms with E-state index in [1.807, 2.05) is 0 Å². The molecule has 0 radical (unpaired) electrons. The Morgan fingerprint density at radius 3 is 2.47 bits per heavy atom. The molecule has 1 saturated carbocycles. The lowest BCUT2D eigenvalue weighted by molar-refractivity contribution is -0.137. The molecule has 0 bridgehead atoms. The molecule has 3 N–H and O–H groups in total. The number of carbonyl (C=O) groups excluding carboxylic acids is 2. The Balaban J connectivity index is 1.35. The summed E-state index contributed by atoms with van der Waals surface area (Å²) in [6.07, 6.45) is -0.928. The molecule has 0 atom stereocenters. The number of halogens is 4. The van der Waals surface area contributed by atoms with Crippen LogP contribution in [0.15, 0.2) is 42.7 Å². The summed E-state index contributed by atoms with van der Waals surface area (Å²) < 4.78 is 52.7. The molecule has 34 heavy (non-hydrogen) atoms. The summed E-state index contributed by atoms with van der Waals surface area (Å²) in [5.74, 6) is -1.69. The molecule has 0 unspecified atom stereocenters. The molecule has 7 nitrogen and oxygen atoms in total. The quantitative estimate of drug-likeness (QED) is 0.426. The number of hydrogen-bond acceptors (Lipinski definition) is 6. The van der Waals surface area contributed by atoms with Gasteiger partial charge in [-0.1, -0.05) is 0 Å². The van der Waals surface area contributed by atoms with Crippen LogP contribution in [0.2, 0.25) is 0 Å². The van der Waals surface area contributed by atoms with Gasteiger partial charge in [-0.15, -0.1) is 11.3 Å². The lowest BCUT2D eigenvalue weighted by atomic mass is 10.1. The van der Waals surface area contributed by atoms with Crippen molar-refractivity contribution in [1.82, 2.24) is 20.6 Å². The van der Waals surface area contributed by atoms with Gasteiger partial charge >= 0.3 is 6.18 Å². The Morgan fingerprint density at radius 1 is 1.12 bits per heavy atom. The third kappa shape index (κ3) is 5.33. The zero-order chi connectivity index (χ0) is 24.5. The number of nitrogens with zero attached hydrogens (tertiary/aromatic N) is 2. The standard InChI is InChI=1S/C22H19F4N5O2S/c1-12-27-11-18(34-12)19(32)31-21(6-7-21)20(33)29-9-14-3-4-15(10-28-14)30-17-5-2-13(23)8-16(17)22(24,25)26/h2-5,8,10-11,30H,6-7,9H2,1H3,(H,29,33)(H,31,32). The van der Waals surface area contributed by atoms with Crippen molar-refractivity contribution in [2.45, 2.75) is 38.0 Å². The molecule has 0 saturated heterocycles. The summed E-state index contributed by atoms with van der Waals surface area (Å²) in [5, 5.41) is 8.82. The van der Waals surface area contributed by atoms with Gasteiger partial charge in [0.25, 0.3) is 5.91 Å². The minimum atomic E-state index is -4.73. The van der Waals surface area contributed by atoms with E-state index in [-0.39, 0.29) is 29.7 Å². The Hall–Kier alpha value is -3.54. The van der Waals surface area contributed by atoms with Crippen molar-refractivity contribution in [2.24, 2.45) is 0 Å². The molecule has 1 aliphatic carbocycles. The normalized spacial score (nSPS) is 14.4. The summed E-state index contributed by atoms with van der Waals surface area (Å²) in [4.78, 5) is 33.6. The molecule has 2 heterocycles. The van der Waals surface area contributed by atoms with Crippen molar-refractivity contribution >= 4 is 34.5 Å². The fourth-order valence-corrected chi connectivity index (χ4v) is 3.91. The number of anilines is 2. The number of amides is 2. The van der Waals surface area contributed by atoms with Crippen LogP contribution in [-0.2, 0) is 17.5 Å². The highest BCUT2D eigenvalue weighted by Crippen LogP contribution is 2.37. The van der Waals surface area contributed by atoms with E-state index in [1.54, 1.807) is 6.92 Å². The van der Waals surface area contributed by atoms with Crippen LogP contribution in [0.1, 0.15) is 38.8 Å². The van der Waals surface area contributed by atoms with Gasteiger partial charge in [0.1, 0.15) is 16.2 Å². The van der Waals surface area contributed by atoms with Gasteiger partial charge in [-0.2, -0.15) is 13.2 Å². The first kappa shape index (κ1) is 23.6. The zero-order valence-corrected chi connectivity index (χ0v) is 18.6. The van der Waals surface area contributed by atoms with Crippen molar-refractivity contribution < 1.29 is 27.2 Å². The lowest BCUT2D eigenvalue weighted by Crippen LogP contribution is -2.48. The molecule has 3 aromatic rings. The van der Waals surface area contributed by atoms with Crippen LogP contribution in [0.25, 0.3) is 0 Å². The lowest BCUT2D eigenvalue weighted by Gasteiger charge is -2.17. The number of aromatic nitrogens is 2. The molecule has 0 aliphatic heterocycles. The van der Waals surface area contributed by atoms with Gasteiger partial charge in [-0.05, 0) is 50.1 Å². The fourth-order valence-electron chi connectivity index (χ4n) is 3.24. The third-order valence-corrected chi connectivity index (χ3v) is 6.11. The number of rotatable bonds is 7. The molecule has 1 aliphatic rings. The molecule has 4 rings (SSSR count). The minimum absolute atomic E-state index is 0.0702. The zero-order valence-electron chi connectivity index (χ0n) is 17.8. The van der Waals surface area contributed by atoms with Crippen LogP contribution in [0.5, 0.6) is 0 Å². The highest BCUT2D eigenvalue weighted by Gasteiger charge is 2.51. The predicted molar refractivity (Wildman–Crippen MR) is 117 cm³/mol. The first-order chi connectivity index (χ1) is 16.1. The summed E-state index contributed by atoms with van der Waals surface area (Å²) in [6.45, 7) is 1.85. The van der Waals surface area contributed by atoms with Crippen LogP contribution < -0.4 is 16.0 Å². The monoisotopic (exact) mass is 493 g/mol. The van der Waals surface area contributed by atoms with Crippen molar-refractivity contribution in [1.29, 1.82) is 0 Å². The molecule has 1 fully saturated rings. The average molecular weight is 493 g/mol. The van der Waals surface area contributed by atoms with Gasteiger partial charge in [0.05, 0.1) is 46.6 Å². The first-order valence-electron chi connectivity index (χ1n) is 10.2. The topological polar surface area (TPSA) is 96.0 Å². The number of hydrogen-bond donors (Lipinski definition) is 3. The summed E-state index contributed by atoms with van der Waals surface area (Å²) in [5.41, 5.74) is -1.67. The number of alkyl halides is 3. The molecule has 2 aromatic heterocycles. The molecule has 0 spiro atoms. The smallest absolute Gasteiger partial charge is 0.354 e. The Kier molecular flexibility index (Phi) is 6.26. The van der Waals surface area contributed by atoms with Crippen LogP contribution in [0, 0.1) is 12.7 Å². The molecule has 2 amide bonds. The van der Waals surface area contributed by atoms with E-state index < -0.39 is 23.1 Å². The second-order valence-corrected chi connectivity index (χ2v) is 9.05. The first-order valence-corrected chi connectivity index (χ1v) is 11.0. The Morgan fingerprint density at radius 2 is 1.88 bits per heavy atom. The SMILES string of the molecule is Cc1ncc(C(=O)NC2(C(=O)NCc3ccc(Nc4ccc(F)cc4C(F)(F)F)cn3)CC2)s1. The molecular formula is C22H19F4N5O2S. The van der Waals surface area contributed by atoms with Crippen LogP contribution >= 0.6 is 11.3 Å². The van der Waals surface area contributed by atoms with Crippen molar-refractivity contribution in [3.8, 4) is 0 Å². The fraction of sp³-hybridized carbons (Fsp3) is 0.273. The number of pyridine rings is 1. The van der Waals surface area contributed by atoms with E-state index >= 15 is 0 Å². The van der Waals surface area contributed by atoms with Gasteiger partial charge in [0, 0.05) is 0 Å². The van der Waals surface area contributed by atoms with Crippen molar-refractivity contribution in [3.63, 3.8) is 0 Å². The van der Waals surface area contributed by atoms with E-state index in [0.29, 0.717) is 29.5 Å². The van der Waals surface area contributed by atoms with E-state index in [1.165, 1.54) is 35.9 Å². The number of aryl methyl sites for hydroxylation is 1. The largest absolute Gasteiger partial charge is 0.418 e. The van der Waals surface area contributed by atoms with E-state index in [0.717, 1.165) is 17.1 Å². The average Bonchev–Trinajstić information content (AvgIpc) is 3.44. The van der Waals surface area contributed by atoms with Gasteiger partial charge in [0.15, 0.2) is 0 Å². The van der Waals surface area contributed by atoms with Crippen LogP contribution in [0.4, 0.5) is 28.9 Å². The van der Waals surface area contributed by atoms with Crippen LogP contribution in [-0.4, -0.2) is 27.3 Å². The second kappa shape index (κ2) is 9.01. The number of carbonyl (C=O) groups is 2.